The number of carboxylic acids is 2. The number of aliphatic hydroxyl groups excluding tert-OH is 4. The summed E-state index contributed by atoms with van der Waals surface area (Å²) in [6, 6.07) is 0. The molecule has 16 heteroatoms. The summed E-state index contributed by atoms with van der Waals surface area (Å²) in [6.45, 7) is 8.94. The van der Waals surface area contributed by atoms with Gasteiger partial charge in [0.25, 0.3) is 0 Å². The van der Waals surface area contributed by atoms with Crippen LogP contribution in [0.3, 0.4) is 0 Å². The van der Waals surface area contributed by atoms with E-state index in [-0.39, 0.29) is 33.5 Å². The summed E-state index contributed by atoms with van der Waals surface area (Å²) in [5.74, 6) is -1.58. The number of unbranched alkanes of at least 4 members (excludes halogenated alkanes) is 14. The second-order valence-electron chi connectivity index (χ2n) is 15.7. The van der Waals surface area contributed by atoms with E-state index in [1.165, 1.54) is 38.5 Å². The average Bonchev–Trinajstić information content (AvgIpc) is 3.15. The number of rotatable bonds is 27. The van der Waals surface area contributed by atoms with Gasteiger partial charge in [0.05, 0.1) is 19.7 Å². The van der Waals surface area contributed by atoms with Crippen molar-refractivity contribution in [1.82, 2.24) is 19.6 Å². The van der Waals surface area contributed by atoms with Crippen LogP contribution in [-0.2, 0) is 39.5 Å². The van der Waals surface area contributed by atoms with Crippen molar-refractivity contribution in [2.24, 2.45) is 5.73 Å². The molecular weight excluding hydrogens is 813 g/mol. The van der Waals surface area contributed by atoms with Gasteiger partial charge in [0, 0.05) is 66.3 Å². The van der Waals surface area contributed by atoms with Crippen molar-refractivity contribution in [3.05, 3.63) is 0 Å². The molecule has 0 bridgehead atoms. The van der Waals surface area contributed by atoms with E-state index in [9.17, 15) is 40.2 Å². The predicted octanol–water partition coefficient (Wildman–Crippen LogP) is 2.17. The average molecular weight is 893 g/mol. The molecule has 0 saturated carbocycles. The molecule has 0 aliphatic carbocycles. The van der Waals surface area contributed by atoms with Gasteiger partial charge in [0.2, 0.25) is 0 Å². The largest absolute Gasteiger partial charge is 0.480 e. The number of nitrogens with zero attached hydrogens (tertiary/aromatic N) is 4. The van der Waals surface area contributed by atoms with Crippen LogP contribution in [-0.4, -0.2) is 191 Å². The van der Waals surface area contributed by atoms with Crippen LogP contribution in [0.5, 0.6) is 0 Å². The molecule has 0 aromatic rings. The minimum Gasteiger partial charge on any atom is -0.480 e. The molecule has 5 atom stereocenters. The summed E-state index contributed by atoms with van der Waals surface area (Å²) >= 11 is 0. The van der Waals surface area contributed by atoms with Crippen molar-refractivity contribution in [2.75, 3.05) is 98.3 Å². The van der Waals surface area contributed by atoms with Crippen LogP contribution >= 0.6 is 0 Å². The third kappa shape index (κ3) is 24.9. The minimum absolute atomic E-state index is 0. The summed E-state index contributed by atoms with van der Waals surface area (Å²) in [5.41, 5.74) is 5.60. The molecule has 334 valence electrons. The van der Waals surface area contributed by atoms with Gasteiger partial charge in [-0.2, -0.15) is 0 Å². The zero-order valence-corrected chi connectivity index (χ0v) is 35.8. The fourth-order valence-corrected chi connectivity index (χ4v) is 7.64. The predicted molar refractivity (Wildman–Crippen MR) is 213 cm³/mol. The zero-order chi connectivity index (χ0) is 40.1. The quantitative estimate of drug-likeness (QED) is 0.0466. The van der Waals surface area contributed by atoms with Crippen LogP contribution in [0.2, 0.25) is 0 Å². The van der Waals surface area contributed by atoms with Crippen molar-refractivity contribution in [3.63, 3.8) is 0 Å². The molecule has 2 heterocycles. The van der Waals surface area contributed by atoms with Gasteiger partial charge in [-0.05, 0) is 71.2 Å². The van der Waals surface area contributed by atoms with Gasteiger partial charge < -0.3 is 55.6 Å². The van der Waals surface area contributed by atoms with Gasteiger partial charge in [-0.15, -0.1) is 0 Å². The summed E-state index contributed by atoms with van der Waals surface area (Å²) in [4.78, 5) is 32.5. The van der Waals surface area contributed by atoms with E-state index in [1.54, 1.807) is 0 Å². The molecule has 0 aromatic heterocycles. The standard InChI is InChI=1S/C40H79N5O10.Pd/c41-19-13-9-5-1-2-6-10-14-20-42-22-17-24-45(32-36(49)50)29-27-43(23-18-25-44(28-26-42)31-35(47)48)21-15-11-7-3-4-8-12-16-30-54-40-39(53)38(52)37(51)34(33-46)55-40;/h34,37-40,46,51-53H,1-33,41H2,(H,47,48)(H,49,50);/t34?,37-,38+,39?,40-;/m1./s1/i;1-3. The molecule has 2 rings (SSSR count). The van der Waals surface area contributed by atoms with Gasteiger partial charge in [-0.1, -0.05) is 77.0 Å². The first-order valence-corrected chi connectivity index (χ1v) is 21.6. The Morgan fingerprint density at radius 2 is 0.946 bits per heavy atom. The Labute approximate surface area is 350 Å². The Morgan fingerprint density at radius 1 is 0.554 bits per heavy atom. The molecule has 56 heavy (non-hydrogen) atoms. The molecule has 2 aliphatic heterocycles. The van der Waals surface area contributed by atoms with Crippen LogP contribution in [0.4, 0.5) is 0 Å². The SMILES string of the molecule is NCCCCCCCCCCN1CCCN(CC(=O)O)CCN(CCCCCCCCCCO[C@@H]2OC(CO)[C@@H](O)[C@H](O)C2O)CCCN(CC(=O)O)CC1.[103Pd]. The first kappa shape index (κ1) is 53.2. The monoisotopic (exact) mass is 892 g/mol. The summed E-state index contributed by atoms with van der Waals surface area (Å²) in [5, 5.41) is 58.5. The first-order chi connectivity index (χ1) is 26.6. The molecule has 2 aliphatic rings. The molecule has 0 spiro atoms. The number of ether oxygens (including phenoxy) is 2. The summed E-state index contributed by atoms with van der Waals surface area (Å²) in [7, 11) is 0. The third-order valence-corrected chi connectivity index (χ3v) is 11.0. The molecule has 2 unspecified atom stereocenters. The van der Waals surface area contributed by atoms with Crippen LogP contribution < -0.4 is 5.73 Å². The topological polar surface area (TPSA) is 213 Å². The second kappa shape index (κ2) is 33.9. The normalized spacial score (nSPS) is 24.4. The minimum atomic E-state index is -1.43. The molecule has 0 amide bonds. The van der Waals surface area contributed by atoms with E-state index in [0.717, 1.165) is 142 Å². The van der Waals surface area contributed by atoms with E-state index in [0.29, 0.717) is 13.2 Å². The van der Waals surface area contributed by atoms with Crippen LogP contribution in [0.1, 0.15) is 116 Å². The van der Waals surface area contributed by atoms with E-state index in [1.807, 2.05) is 0 Å². The maximum atomic E-state index is 11.7. The number of hydrogen-bond acceptors (Lipinski definition) is 13. The first-order valence-electron chi connectivity index (χ1n) is 21.6. The molecule has 2 fully saturated rings. The Balaban J connectivity index is 0.0000157. The van der Waals surface area contributed by atoms with E-state index >= 15 is 0 Å². The van der Waals surface area contributed by atoms with Gasteiger partial charge in [0.1, 0.15) is 24.4 Å². The van der Waals surface area contributed by atoms with Gasteiger partial charge in [-0.25, -0.2) is 0 Å². The van der Waals surface area contributed by atoms with Gasteiger partial charge in [0.15, 0.2) is 6.29 Å². The molecule has 15 nitrogen and oxygen atoms in total. The number of aliphatic carboxylic acids is 2. The molecule has 2 saturated heterocycles. The van der Waals surface area contributed by atoms with Crippen molar-refractivity contribution in [1.29, 1.82) is 0 Å². The third-order valence-electron chi connectivity index (χ3n) is 11.0. The van der Waals surface area contributed by atoms with Crippen LogP contribution in [0, 0.1) is 0 Å². The Bertz CT molecular complexity index is 977. The summed E-state index contributed by atoms with van der Waals surface area (Å²) < 4.78 is 11.0. The van der Waals surface area contributed by atoms with E-state index in [2.05, 4.69) is 19.6 Å². The van der Waals surface area contributed by atoms with Crippen LogP contribution in [0.25, 0.3) is 0 Å². The van der Waals surface area contributed by atoms with E-state index < -0.39 is 49.3 Å². The van der Waals surface area contributed by atoms with E-state index in [4.69, 9.17) is 15.2 Å². The van der Waals surface area contributed by atoms with Crippen molar-refractivity contribution >= 4 is 11.9 Å². The second-order valence-corrected chi connectivity index (χ2v) is 15.7. The van der Waals surface area contributed by atoms with Crippen molar-refractivity contribution in [3.8, 4) is 0 Å². The fraction of sp³-hybridized carbons (Fsp3) is 0.950. The van der Waals surface area contributed by atoms with Crippen molar-refractivity contribution in [2.45, 2.75) is 146 Å². The smallest absolute Gasteiger partial charge is 0.317 e. The number of hydrogen-bond donors (Lipinski definition) is 7. The zero-order valence-electron chi connectivity index (χ0n) is 34.2. The number of aliphatic hydroxyl groups is 4. The molecular formula is C40H79N5O10Pd. The Hall–Kier alpha value is -0.838. The maximum absolute atomic E-state index is 11.7. The summed E-state index contributed by atoms with van der Waals surface area (Å²) in [6.07, 6.45) is 13.6. The number of carboxylic acid groups (broad SMARTS) is 2. The fourth-order valence-electron chi connectivity index (χ4n) is 7.64. The number of nitrogens with two attached hydrogens (primary N) is 1. The Kier molecular flexibility index (Phi) is 32.2. The van der Waals surface area contributed by atoms with Crippen molar-refractivity contribution < 1.29 is 70.1 Å². The maximum Gasteiger partial charge on any atom is 0.317 e. The van der Waals surface area contributed by atoms with Gasteiger partial charge >= 0.3 is 11.9 Å². The molecule has 0 radical (unpaired) electrons. The number of carbonyl (C=O) groups is 2. The molecule has 0 aromatic carbocycles. The van der Waals surface area contributed by atoms with Crippen LogP contribution in [0.15, 0.2) is 0 Å². The Morgan fingerprint density at radius 3 is 1.38 bits per heavy atom. The molecule has 8 N–H and O–H groups in total. The van der Waals surface area contributed by atoms with Gasteiger partial charge in [-0.3, -0.25) is 19.4 Å².